The number of hydrogen-bond donors (Lipinski definition) is 0. The summed E-state index contributed by atoms with van der Waals surface area (Å²) in [6.45, 7) is 2.11. The van der Waals surface area contributed by atoms with E-state index in [2.05, 4.69) is 4.98 Å². The van der Waals surface area contributed by atoms with Crippen molar-refractivity contribution in [3.8, 4) is 11.5 Å². The minimum atomic E-state index is -0.0587. The smallest absolute Gasteiger partial charge is 0.272 e. The molecule has 0 unspecified atom stereocenters. The second-order valence-corrected chi connectivity index (χ2v) is 9.16. The lowest BCUT2D eigenvalue weighted by atomic mass is 10.1. The fraction of sp³-hybridized carbons (Fsp3) is 0.409. The van der Waals surface area contributed by atoms with Gasteiger partial charge in [0.25, 0.3) is 5.56 Å². The van der Waals surface area contributed by atoms with Crippen LogP contribution in [-0.2, 0) is 17.8 Å². The van der Waals surface area contributed by atoms with Crippen molar-refractivity contribution in [2.24, 2.45) is 0 Å². The summed E-state index contributed by atoms with van der Waals surface area (Å²) in [5.74, 6) is 1.72. The van der Waals surface area contributed by atoms with Crippen LogP contribution in [0.5, 0.6) is 11.5 Å². The Morgan fingerprint density at radius 2 is 1.94 bits per heavy atom. The Morgan fingerprint density at radius 3 is 2.68 bits per heavy atom. The van der Waals surface area contributed by atoms with Crippen LogP contribution in [0.4, 0.5) is 0 Å². The maximum Gasteiger partial charge on any atom is 0.272 e. The van der Waals surface area contributed by atoms with Crippen molar-refractivity contribution in [3.05, 3.63) is 45.6 Å². The first-order valence-electron chi connectivity index (χ1n) is 10.2. The maximum atomic E-state index is 13.1. The van der Waals surface area contributed by atoms with Gasteiger partial charge in [0.15, 0.2) is 16.7 Å². The number of fused-ring (bicyclic) bond motifs is 1. The summed E-state index contributed by atoms with van der Waals surface area (Å²) < 4.78 is 13.0. The molecular weight excluding hydrogens is 434 g/mol. The Morgan fingerprint density at radius 1 is 1.16 bits per heavy atom. The predicted octanol–water partition coefficient (Wildman–Crippen LogP) is 3.43. The number of methoxy groups -OCH3 is 2. The molecule has 1 aliphatic heterocycles. The van der Waals surface area contributed by atoms with Gasteiger partial charge in [0.05, 0.1) is 25.5 Å². The third kappa shape index (κ3) is 4.72. The molecule has 7 nitrogen and oxygen atoms in total. The first-order chi connectivity index (χ1) is 15.1. The Bertz CT molecular complexity index is 1140. The lowest BCUT2D eigenvalue weighted by molar-refractivity contribution is -0.127. The molecule has 4 rings (SSSR count). The average molecular weight is 460 g/mol. The minimum Gasteiger partial charge on any atom is -0.493 e. The molecule has 3 aromatic rings. The topological polar surface area (TPSA) is 73.7 Å². The van der Waals surface area contributed by atoms with Crippen LogP contribution in [0.15, 0.2) is 39.6 Å². The summed E-state index contributed by atoms with van der Waals surface area (Å²) in [7, 11) is 3.21. The minimum absolute atomic E-state index is 0.0587. The van der Waals surface area contributed by atoms with Crippen LogP contribution in [-0.4, -0.2) is 53.4 Å². The van der Waals surface area contributed by atoms with Crippen LogP contribution < -0.4 is 15.0 Å². The van der Waals surface area contributed by atoms with Crippen molar-refractivity contribution in [2.45, 2.75) is 31.0 Å². The number of hydrogen-bond acceptors (Lipinski definition) is 7. The molecule has 0 spiro atoms. The van der Waals surface area contributed by atoms with Crippen molar-refractivity contribution >= 4 is 39.2 Å². The molecule has 1 fully saturated rings. The Kier molecular flexibility index (Phi) is 6.82. The van der Waals surface area contributed by atoms with E-state index in [0.29, 0.717) is 45.6 Å². The van der Waals surface area contributed by atoms with Gasteiger partial charge >= 0.3 is 0 Å². The van der Waals surface area contributed by atoms with Gasteiger partial charge in [0.2, 0.25) is 5.91 Å². The van der Waals surface area contributed by atoms with E-state index in [9.17, 15) is 9.59 Å². The molecule has 0 radical (unpaired) electrons. The summed E-state index contributed by atoms with van der Waals surface area (Å²) in [6, 6.07) is 7.60. The number of ether oxygens (including phenoxy) is 2. The summed E-state index contributed by atoms with van der Waals surface area (Å²) in [5, 5.41) is 2.46. The number of aryl methyl sites for hydroxylation is 1. The van der Waals surface area contributed by atoms with E-state index in [0.717, 1.165) is 31.5 Å². The molecule has 0 bridgehead atoms. The van der Waals surface area contributed by atoms with E-state index in [4.69, 9.17) is 9.47 Å². The number of aromatic nitrogens is 2. The highest BCUT2D eigenvalue weighted by molar-refractivity contribution is 7.99. The van der Waals surface area contributed by atoms with Crippen molar-refractivity contribution in [1.82, 2.24) is 14.5 Å². The number of amides is 1. The van der Waals surface area contributed by atoms with Gasteiger partial charge in [-0.05, 0) is 48.4 Å². The SMILES string of the molecule is COc1ccc(CCn2c(SCC(=O)N3CCCC3)nc3ccsc3c2=O)cc1OC. The van der Waals surface area contributed by atoms with E-state index in [-0.39, 0.29) is 11.5 Å². The standard InChI is InChI=1S/C22H25N3O4S2/c1-28-17-6-5-15(13-18(17)29-2)7-11-25-21(27)20-16(8-12-30-20)23-22(25)31-14-19(26)24-9-3-4-10-24/h5-6,8,12-13H,3-4,7,9-11,14H2,1-2H3. The molecule has 0 aliphatic carbocycles. The van der Waals surface area contributed by atoms with E-state index >= 15 is 0 Å². The van der Waals surface area contributed by atoms with Crippen molar-refractivity contribution < 1.29 is 14.3 Å². The van der Waals surface area contributed by atoms with Crippen LogP contribution in [0.2, 0.25) is 0 Å². The molecular formula is C22H25N3O4S2. The van der Waals surface area contributed by atoms with Gasteiger partial charge in [-0.15, -0.1) is 11.3 Å². The first-order valence-corrected chi connectivity index (χ1v) is 12.1. The van der Waals surface area contributed by atoms with Crippen LogP contribution in [0.25, 0.3) is 10.2 Å². The first kappa shape index (κ1) is 21.7. The predicted molar refractivity (Wildman–Crippen MR) is 124 cm³/mol. The number of nitrogens with zero attached hydrogens (tertiary/aromatic N) is 3. The Hall–Kier alpha value is -2.52. The average Bonchev–Trinajstić information content (AvgIpc) is 3.49. The van der Waals surface area contributed by atoms with Gasteiger partial charge in [-0.25, -0.2) is 4.98 Å². The van der Waals surface area contributed by atoms with Crippen LogP contribution in [0.3, 0.4) is 0 Å². The molecule has 3 heterocycles. The lowest BCUT2D eigenvalue weighted by Crippen LogP contribution is -2.30. The van der Waals surface area contributed by atoms with Gasteiger partial charge < -0.3 is 14.4 Å². The second-order valence-electron chi connectivity index (χ2n) is 7.30. The van der Waals surface area contributed by atoms with Gasteiger partial charge in [0, 0.05) is 19.6 Å². The van der Waals surface area contributed by atoms with Crippen LogP contribution >= 0.6 is 23.1 Å². The highest BCUT2D eigenvalue weighted by Crippen LogP contribution is 2.28. The van der Waals surface area contributed by atoms with Crippen molar-refractivity contribution in [3.63, 3.8) is 0 Å². The molecule has 2 aromatic heterocycles. The second kappa shape index (κ2) is 9.74. The van der Waals surface area contributed by atoms with E-state index < -0.39 is 0 Å². The van der Waals surface area contributed by atoms with E-state index in [1.54, 1.807) is 18.8 Å². The van der Waals surface area contributed by atoms with Gasteiger partial charge in [-0.2, -0.15) is 0 Å². The Labute approximate surface area is 189 Å². The zero-order valence-corrected chi connectivity index (χ0v) is 19.3. The monoisotopic (exact) mass is 459 g/mol. The molecule has 164 valence electrons. The van der Waals surface area contributed by atoms with Crippen molar-refractivity contribution in [2.75, 3.05) is 33.1 Å². The summed E-state index contributed by atoms with van der Waals surface area (Å²) in [5.41, 5.74) is 1.66. The van der Waals surface area contributed by atoms with E-state index in [1.165, 1.54) is 23.1 Å². The number of benzene rings is 1. The molecule has 1 amide bonds. The third-order valence-electron chi connectivity index (χ3n) is 5.39. The van der Waals surface area contributed by atoms with Gasteiger partial charge in [0.1, 0.15) is 4.70 Å². The number of carbonyl (C=O) groups excluding carboxylic acids is 1. The zero-order chi connectivity index (χ0) is 21.8. The van der Waals surface area contributed by atoms with E-state index in [1.807, 2.05) is 34.5 Å². The van der Waals surface area contributed by atoms with Gasteiger partial charge in [-0.1, -0.05) is 17.8 Å². The summed E-state index contributed by atoms with van der Waals surface area (Å²) >= 11 is 2.74. The molecule has 0 saturated carbocycles. The largest absolute Gasteiger partial charge is 0.493 e. The lowest BCUT2D eigenvalue weighted by Gasteiger charge is -2.16. The fourth-order valence-corrected chi connectivity index (χ4v) is 5.40. The number of likely N-dealkylation sites (tertiary alicyclic amines) is 1. The number of carbonyl (C=O) groups is 1. The molecule has 1 aliphatic rings. The molecule has 0 atom stereocenters. The summed E-state index contributed by atoms with van der Waals surface area (Å²) in [6.07, 6.45) is 2.75. The molecule has 1 saturated heterocycles. The zero-order valence-electron chi connectivity index (χ0n) is 17.6. The number of thiophene rings is 1. The summed E-state index contributed by atoms with van der Waals surface area (Å²) in [4.78, 5) is 32.2. The molecule has 31 heavy (non-hydrogen) atoms. The Balaban J connectivity index is 1.56. The maximum absolute atomic E-state index is 13.1. The number of rotatable bonds is 8. The van der Waals surface area contributed by atoms with Crippen molar-refractivity contribution in [1.29, 1.82) is 0 Å². The van der Waals surface area contributed by atoms with Crippen LogP contribution in [0.1, 0.15) is 18.4 Å². The highest BCUT2D eigenvalue weighted by Gasteiger charge is 2.20. The molecule has 1 aromatic carbocycles. The fourth-order valence-electron chi connectivity index (χ4n) is 3.69. The molecule has 9 heteroatoms. The quantitative estimate of drug-likeness (QED) is 0.380. The normalized spacial score (nSPS) is 13.7. The van der Waals surface area contributed by atoms with Gasteiger partial charge in [-0.3, -0.25) is 14.2 Å². The third-order valence-corrected chi connectivity index (χ3v) is 7.24. The van der Waals surface area contributed by atoms with Crippen LogP contribution in [0, 0.1) is 0 Å². The molecule has 0 N–H and O–H groups in total. The number of thioether (sulfide) groups is 1. The highest BCUT2D eigenvalue weighted by atomic mass is 32.2.